The summed E-state index contributed by atoms with van der Waals surface area (Å²) in [5, 5.41) is 8.60. The molecular weight excluding hydrogens is 174 g/mol. The van der Waals surface area contributed by atoms with Gasteiger partial charge in [0.05, 0.1) is 0 Å². The van der Waals surface area contributed by atoms with E-state index in [1.165, 1.54) is 5.57 Å². The lowest BCUT2D eigenvalue weighted by Crippen LogP contribution is -2.16. The Bertz CT molecular complexity index is 149. The molecular formula is C9H18ClNO. The van der Waals surface area contributed by atoms with Crippen molar-refractivity contribution in [3.05, 3.63) is 12.2 Å². The molecule has 0 unspecified atom stereocenters. The maximum absolute atomic E-state index is 8.60. The quantitative estimate of drug-likeness (QED) is 0.664. The number of halogens is 1. The third-order valence-corrected chi connectivity index (χ3v) is 2.43. The Morgan fingerprint density at radius 2 is 2.25 bits per heavy atom. The first-order chi connectivity index (χ1) is 5.24. The SMILES string of the molecule is C=C1C[C@H](CCCO)C[C@@H]1N.Cl. The van der Waals surface area contributed by atoms with Gasteiger partial charge in [0.15, 0.2) is 0 Å². The first kappa shape index (κ1) is 11.9. The molecule has 1 saturated carbocycles. The van der Waals surface area contributed by atoms with Gasteiger partial charge in [0, 0.05) is 12.6 Å². The van der Waals surface area contributed by atoms with Crippen LogP contribution >= 0.6 is 12.4 Å². The first-order valence-electron chi connectivity index (χ1n) is 4.28. The molecule has 2 nitrogen and oxygen atoms in total. The first-order valence-corrected chi connectivity index (χ1v) is 4.28. The van der Waals surface area contributed by atoms with E-state index in [1.807, 2.05) is 0 Å². The Morgan fingerprint density at radius 1 is 1.58 bits per heavy atom. The van der Waals surface area contributed by atoms with E-state index in [4.69, 9.17) is 10.8 Å². The number of rotatable bonds is 3. The van der Waals surface area contributed by atoms with Crippen LogP contribution in [0.4, 0.5) is 0 Å². The molecule has 0 bridgehead atoms. The average Bonchev–Trinajstić information content (AvgIpc) is 2.28. The van der Waals surface area contributed by atoms with Gasteiger partial charge < -0.3 is 10.8 Å². The Hall–Kier alpha value is -0.0500. The topological polar surface area (TPSA) is 46.2 Å². The van der Waals surface area contributed by atoms with Gasteiger partial charge >= 0.3 is 0 Å². The smallest absolute Gasteiger partial charge is 0.0431 e. The van der Waals surface area contributed by atoms with Gasteiger partial charge in [-0.1, -0.05) is 12.2 Å². The zero-order chi connectivity index (χ0) is 8.27. The predicted molar refractivity (Wildman–Crippen MR) is 53.4 cm³/mol. The summed E-state index contributed by atoms with van der Waals surface area (Å²) in [6.07, 6.45) is 4.15. The van der Waals surface area contributed by atoms with Gasteiger partial charge in [0.2, 0.25) is 0 Å². The van der Waals surface area contributed by atoms with E-state index in [0.29, 0.717) is 12.5 Å². The fourth-order valence-electron chi connectivity index (χ4n) is 1.73. The zero-order valence-corrected chi connectivity index (χ0v) is 8.15. The Labute approximate surface area is 80.3 Å². The number of hydrogen-bond donors (Lipinski definition) is 2. The number of aliphatic hydroxyl groups is 1. The number of nitrogens with two attached hydrogens (primary N) is 1. The summed E-state index contributed by atoms with van der Waals surface area (Å²) in [5.74, 6) is 0.685. The van der Waals surface area contributed by atoms with Crippen molar-refractivity contribution < 1.29 is 5.11 Å². The van der Waals surface area contributed by atoms with E-state index in [-0.39, 0.29) is 18.4 Å². The molecule has 0 heterocycles. The predicted octanol–water partition coefficient (Wildman–Crippen LogP) is 1.47. The minimum atomic E-state index is 0. The van der Waals surface area contributed by atoms with Crippen molar-refractivity contribution in [2.24, 2.45) is 11.7 Å². The minimum absolute atomic E-state index is 0. The minimum Gasteiger partial charge on any atom is -0.396 e. The van der Waals surface area contributed by atoms with Crippen LogP contribution in [0.3, 0.4) is 0 Å². The molecule has 1 rings (SSSR count). The molecule has 12 heavy (non-hydrogen) atoms. The molecule has 3 N–H and O–H groups in total. The maximum atomic E-state index is 8.60. The van der Waals surface area contributed by atoms with E-state index < -0.39 is 0 Å². The highest BCUT2D eigenvalue weighted by molar-refractivity contribution is 5.85. The van der Waals surface area contributed by atoms with Gasteiger partial charge in [0.1, 0.15) is 0 Å². The summed E-state index contributed by atoms with van der Waals surface area (Å²) in [4.78, 5) is 0. The van der Waals surface area contributed by atoms with Crippen LogP contribution in [-0.2, 0) is 0 Å². The summed E-state index contributed by atoms with van der Waals surface area (Å²) in [6, 6.07) is 0.221. The summed E-state index contributed by atoms with van der Waals surface area (Å²) < 4.78 is 0. The third-order valence-electron chi connectivity index (χ3n) is 2.43. The van der Waals surface area contributed by atoms with Crippen molar-refractivity contribution in [2.45, 2.75) is 31.7 Å². The van der Waals surface area contributed by atoms with Crippen molar-refractivity contribution in [1.82, 2.24) is 0 Å². The van der Waals surface area contributed by atoms with Crippen LogP contribution < -0.4 is 5.73 Å². The monoisotopic (exact) mass is 191 g/mol. The lowest BCUT2D eigenvalue weighted by Gasteiger charge is -2.05. The van der Waals surface area contributed by atoms with Gasteiger partial charge in [-0.25, -0.2) is 0 Å². The molecule has 0 aliphatic heterocycles. The fraction of sp³-hybridized carbons (Fsp3) is 0.778. The molecule has 0 radical (unpaired) electrons. The van der Waals surface area contributed by atoms with Crippen molar-refractivity contribution in [2.75, 3.05) is 6.61 Å². The summed E-state index contributed by atoms with van der Waals surface area (Å²) in [6.45, 7) is 4.21. The van der Waals surface area contributed by atoms with Crippen LogP contribution in [0.5, 0.6) is 0 Å². The molecule has 0 saturated heterocycles. The van der Waals surface area contributed by atoms with Crippen LogP contribution in [0.25, 0.3) is 0 Å². The van der Waals surface area contributed by atoms with Gasteiger partial charge in [-0.3, -0.25) is 0 Å². The van der Waals surface area contributed by atoms with Gasteiger partial charge in [-0.05, 0) is 31.6 Å². The van der Waals surface area contributed by atoms with Gasteiger partial charge in [0.25, 0.3) is 0 Å². The van der Waals surface area contributed by atoms with Crippen LogP contribution in [0.15, 0.2) is 12.2 Å². The molecule has 3 heteroatoms. The second kappa shape index (κ2) is 5.57. The van der Waals surface area contributed by atoms with Crippen molar-refractivity contribution in [3.63, 3.8) is 0 Å². The molecule has 1 aliphatic rings. The highest BCUT2D eigenvalue weighted by Gasteiger charge is 2.24. The number of hydrogen-bond acceptors (Lipinski definition) is 2. The third kappa shape index (κ3) is 3.13. The van der Waals surface area contributed by atoms with E-state index >= 15 is 0 Å². The highest BCUT2D eigenvalue weighted by Crippen LogP contribution is 2.31. The van der Waals surface area contributed by atoms with Crippen LogP contribution in [0.2, 0.25) is 0 Å². The summed E-state index contributed by atoms with van der Waals surface area (Å²) in [7, 11) is 0. The molecule has 2 atom stereocenters. The summed E-state index contributed by atoms with van der Waals surface area (Å²) in [5.41, 5.74) is 6.97. The molecule has 0 spiro atoms. The Morgan fingerprint density at radius 3 is 2.67 bits per heavy atom. The molecule has 0 aromatic rings. The van der Waals surface area contributed by atoms with Crippen molar-refractivity contribution >= 4 is 12.4 Å². The second-order valence-electron chi connectivity index (χ2n) is 3.44. The van der Waals surface area contributed by atoms with Crippen LogP contribution in [0, 0.1) is 5.92 Å². The van der Waals surface area contributed by atoms with Crippen molar-refractivity contribution in [3.8, 4) is 0 Å². The molecule has 0 aromatic carbocycles. The molecule has 72 valence electrons. The largest absolute Gasteiger partial charge is 0.396 e. The highest BCUT2D eigenvalue weighted by atomic mass is 35.5. The molecule has 0 amide bonds. The maximum Gasteiger partial charge on any atom is 0.0431 e. The molecule has 0 aromatic heterocycles. The molecule has 1 fully saturated rings. The lowest BCUT2D eigenvalue weighted by atomic mass is 10.0. The van der Waals surface area contributed by atoms with Gasteiger partial charge in [-0.2, -0.15) is 0 Å². The van der Waals surface area contributed by atoms with E-state index in [2.05, 4.69) is 6.58 Å². The normalized spacial score (nSPS) is 28.7. The second-order valence-corrected chi connectivity index (χ2v) is 3.44. The van der Waals surface area contributed by atoms with Crippen LogP contribution in [0.1, 0.15) is 25.7 Å². The Balaban J connectivity index is 0.00000121. The fourth-order valence-corrected chi connectivity index (χ4v) is 1.73. The zero-order valence-electron chi connectivity index (χ0n) is 7.33. The summed E-state index contributed by atoms with van der Waals surface area (Å²) >= 11 is 0. The average molecular weight is 192 g/mol. The standard InChI is InChI=1S/C9H17NO.ClH/c1-7-5-8(3-2-4-11)6-9(7)10;/h8-9,11H,1-6,10H2;1H/t8-,9-;/m0./s1. The molecule has 1 aliphatic carbocycles. The lowest BCUT2D eigenvalue weighted by molar-refractivity contribution is 0.271. The van der Waals surface area contributed by atoms with E-state index in [9.17, 15) is 0 Å². The van der Waals surface area contributed by atoms with E-state index in [0.717, 1.165) is 25.7 Å². The van der Waals surface area contributed by atoms with Crippen molar-refractivity contribution in [1.29, 1.82) is 0 Å². The van der Waals surface area contributed by atoms with E-state index in [1.54, 1.807) is 0 Å². The number of aliphatic hydroxyl groups excluding tert-OH is 1. The Kier molecular flexibility index (Phi) is 5.55. The van der Waals surface area contributed by atoms with Gasteiger partial charge in [-0.15, -0.1) is 12.4 Å². The van der Waals surface area contributed by atoms with Crippen LogP contribution in [-0.4, -0.2) is 17.8 Å².